The standard InChI is InChI=1S/C10H8BrN3O2/c11-6-2-1-3-7(4-6)16-10-8(12)9(15)13-5-14-10/h1-5H,12H2,(H,13,14,15). The molecule has 1 aromatic carbocycles. The van der Waals surface area contributed by atoms with Gasteiger partial charge in [-0.05, 0) is 18.2 Å². The minimum Gasteiger partial charge on any atom is -0.437 e. The van der Waals surface area contributed by atoms with Gasteiger partial charge in [0.2, 0.25) is 5.88 Å². The van der Waals surface area contributed by atoms with Gasteiger partial charge in [0.1, 0.15) is 5.75 Å². The highest BCUT2D eigenvalue weighted by Crippen LogP contribution is 2.24. The predicted molar refractivity (Wildman–Crippen MR) is 63.5 cm³/mol. The van der Waals surface area contributed by atoms with Gasteiger partial charge >= 0.3 is 0 Å². The first-order valence-corrected chi connectivity index (χ1v) is 5.22. The Balaban J connectivity index is 2.34. The smallest absolute Gasteiger partial charge is 0.277 e. The lowest BCUT2D eigenvalue weighted by Crippen LogP contribution is -2.13. The van der Waals surface area contributed by atoms with Crippen LogP contribution in [0.2, 0.25) is 0 Å². The summed E-state index contributed by atoms with van der Waals surface area (Å²) in [6, 6.07) is 7.17. The monoisotopic (exact) mass is 281 g/mol. The number of aromatic nitrogens is 2. The summed E-state index contributed by atoms with van der Waals surface area (Å²) in [6.45, 7) is 0. The van der Waals surface area contributed by atoms with Crippen LogP contribution in [-0.2, 0) is 0 Å². The minimum atomic E-state index is -0.417. The maximum absolute atomic E-state index is 11.2. The Kier molecular flexibility index (Phi) is 2.91. The van der Waals surface area contributed by atoms with Gasteiger partial charge in [-0.15, -0.1) is 0 Å². The number of nitrogens with two attached hydrogens (primary N) is 1. The van der Waals surface area contributed by atoms with E-state index < -0.39 is 5.56 Å². The molecule has 0 aliphatic rings. The lowest BCUT2D eigenvalue weighted by Gasteiger charge is -2.05. The van der Waals surface area contributed by atoms with Crippen molar-refractivity contribution < 1.29 is 4.74 Å². The van der Waals surface area contributed by atoms with Crippen LogP contribution in [0.5, 0.6) is 11.6 Å². The molecule has 1 aromatic heterocycles. The van der Waals surface area contributed by atoms with Crippen LogP contribution in [0.4, 0.5) is 5.69 Å². The van der Waals surface area contributed by atoms with Crippen LogP contribution in [-0.4, -0.2) is 9.97 Å². The van der Waals surface area contributed by atoms with Crippen molar-refractivity contribution in [3.8, 4) is 11.6 Å². The molecule has 0 unspecified atom stereocenters. The molecule has 1 heterocycles. The van der Waals surface area contributed by atoms with Gasteiger partial charge in [-0.3, -0.25) is 4.79 Å². The molecule has 0 fully saturated rings. The van der Waals surface area contributed by atoms with E-state index in [0.29, 0.717) is 5.75 Å². The molecule has 6 heteroatoms. The number of anilines is 1. The zero-order chi connectivity index (χ0) is 11.5. The topological polar surface area (TPSA) is 81.0 Å². The molecule has 0 aliphatic carbocycles. The molecule has 0 spiro atoms. The Bertz CT molecular complexity index is 568. The van der Waals surface area contributed by atoms with Gasteiger partial charge in [-0.2, -0.15) is 0 Å². The van der Waals surface area contributed by atoms with Crippen LogP contribution in [0.1, 0.15) is 0 Å². The van der Waals surface area contributed by atoms with Crippen LogP contribution in [0.25, 0.3) is 0 Å². The van der Waals surface area contributed by atoms with E-state index in [0.717, 1.165) is 4.47 Å². The predicted octanol–water partition coefficient (Wildman–Crippen LogP) is 1.91. The molecular formula is C10H8BrN3O2. The third-order valence-corrected chi connectivity index (χ3v) is 2.36. The van der Waals surface area contributed by atoms with Crippen molar-refractivity contribution in [1.29, 1.82) is 0 Å². The third kappa shape index (κ3) is 2.22. The molecule has 0 aliphatic heterocycles. The zero-order valence-electron chi connectivity index (χ0n) is 8.11. The third-order valence-electron chi connectivity index (χ3n) is 1.86. The molecule has 0 saturated carbocycles. The van der Waals surface area contributed by atoms with Crippen molar-refractivity contribution in [2.24, 2.45) is 0 Å². The molecule has 0 amide bonds. The Labute approximate surface area is 99.4 Å². The van der Waals surface area contributed by atoms with Crippen molar-refractivity contribution in [1.82, 2.24) is 9.97 Å². The first-order chi connectivity index (χ1) is 7.66. The number of hydrogen-bond donors (Lipinski definition) is 2. The highest BCUT2D eigenvalue weighted by atomic mass is 79.9. The van der Waals surface area contributed by atoms with Gasteiger partial charge in [-0.25, -0.2) is 4.98 Å². The number of hydrogen-bond acceptors (Lipinski definition) is 4. The number of rotatable bonds is 2. The highest BCUT2D eigenvalue weighted by Gasteiger charge is 2.06. The minimum absolute atomic E-state index is 0.0394. The largest absolute Gasteiger partial charge is 0.437 e. The summed E-state index contributed by atoms with van der Waals surface area (Å²) in [5.74, 6) is 0.654. The molecule has 0 saturated heterocycles. The molecule has 0 atom stereocenters. The number of ether oxygens (including phenoxy) is 1. The molecule has 82 valence electrons. The Morgan fingerprint density at radius 3 is 3.00 bits per heavy atom. The summed E-state index contributed by atoms with van der Waals surface area (Å²) >= 11 is 3.31. The second-order valence-electron chi connectivity index (χ2n) is 3.01. The number of H-pyrrole nitrogens is 1. The maximum Gasteiger partial charge on any atom is 0.277 e. The van der Waals surface area contributed by atoms with E-state index in [1.54, 1.807) is 12.1 Å². The van der Waals surface area contributed by atoms with E-state index in [1.165, 1.54) is 6.33 Å². The number of benzene rings is 1. The van der Waals surface area contributed by atoms with E-state index in [9.17, 15) is 4.79 Å². The second kappa shape index (κ2) is 4.36. The number of halogens is 1. The SMILES string of the molecule is Nc1c(Oc2cccc(Br)c2)nc[nH]c1=O. The van der Waals surface area contributed by atoms with Crippen molar-refractivity contribution in [3.63, 3.8) is 0 Å². The van der Waals surface area contributed by atoms with Crippen LogP contribution >= 0.6 is 15.9 Å². The summed E-state index contributed by atoms with van der Waals surface area (Å²) in [5.41, 5.74) is 5.07. The van der Waals surface area contributed by atoms with Crippen LogP contribution in [0.3, 0.4) is 0 Å². The molecule has 0 bridgehead atoms. The molecule has 5 nitrogen and oxygen atoms in total. The fourth-order valence-corrected chi connectivity index (χ4v) is 1.50. The van der Waals surface area contributed by atoms with Crippen molar-refractivity contribution in [2.45, 2.75) is 0 Å². The lowest BCUT2D eigenvalue weighted by molar-refractivity contribution is 0.463. The summed E-state index contributed by atoms with van der Waals surface area (Å²) in [6.07, 6.45) is 1.24. The average molecular weight is 282 g/mol. The van der Waals surface area contributed by atoms with Gasteiger partial charge in [-0.1, -0.05) is 22.0 Å². The fraction of sp³-hybridized carbons (Fsp3) is 0. The van der Waals surface area contributed by atoms with Gasteiger partial charge < -0.3 is 15.5 Å². The summed E-state index contributed by atoms with van der Waals surface area (Å²) in [4.78, 5) is 17.4. The van der Waals surface area contributed by atoms with Crippen LogP contribution in [0, 0.1) is 0 Å². The zero-order valence-corrected chi connectivity index (χ0v) is 9.69. The quantitative estimate of drug-likeness (QED) is 0.881. The van der Waals surface area contributed by atoms with E-state index in [1.807, 2.05) is 12.1 Å². The van der Waals surface area contributed by atoms with E-state index in [4.69, 9.17) is 10.5 Å². The van der Waals surface area contributed by atoms with Crippen molar-refractivity contribution in [2.75, 3.05) is 5.73 Å². The van der Waals surface area contributed by atoms with Gasteiger partial charge in [0.15, 0.2) is 5.69 Å². The average Bonchev–Trinajstić information content (AvgIpc) is 2.25. The molecule has 2 rings (SSSR count). The number of nitrogens with one attached hydrogen (secondary N) is 1. The highest BCUT2D eigenvalue weighted by molar-refractivity contribution is 9.10. The number of nitrogens with zero attached hydrogens (tertiary/aromatic N) is 1. The number of aromatic amines is 1. The molecule has 16 heavy (non-hydrogen) atoms. The van der Waals surface area contributed by atoms with E-state index in [2.05, 4.69) is 25.9 Å². The molecule has 3 N–H and O–H groups in total. The Morgan fingerprint density at radius 1 is 1.44 bits per heavy atom. The lowest BCUT2D eigenvalue weighted by atomic mass is 10.3. The molecular weight excluding hydrogens is 274 g/mol. The normalized spacial score (nSPS) is 10.1. The van der Waals surface area contributed by atoms with E-state index in [-0.39, 0.29) is 11.6 Å². The number of nitrogen functional groups attached to an aromatic ring is 1. The van der Waals surface area contributed by atoms with Crippen molar-refractivity contribution >= 4 is 21.6 Å². The van der Waals surface area contributed by atoms with Gasteiger partial charge in [0, 0.05) is 4.47 Å². The van der Waals surface area contributed by atoms with Gasteiger partial charge in [0.05, 0.1) is 6.33 Å². The van der Waals surface area contributed by atoms with Crippen LogP contribution in [0.15, 0.2) is 39.9 Å². The maximum atomic E-state index is 11.2. The first kappa shape index (κ1) is 10.7. The van der Waals surface area contributed by atoms with Crippen molar-refractivity contribution in [3.05, 3.63) is 45.4 Å². The summed E-state index contributed by atoms with van der Waals surface area (Å²) in [7, 11) is 0. The fourth-order valence-electron chi connectivity index (χ4n) is 1.12. The molecule has 2 aromatic rings. The Hall–Kier alpha value is -1.82. The second-order valence-corrected chi connectivity index (χ2v) is 3.93. The summed E-state index contributed by atoms with van der Waals surface area (Å²) < 4.78 is 6.25. The Morgan fingerprint density at radius 2 is 2.25 bits per heavy atom. The first-order valence-electron chi connectivity index (χ1n) is 4.43. The van der Waals surface area contributed by atoms with E-state index >= 15 is 0 Å². The van der Waals surface area contributed by atoms with Gasteiger partial charge in [0.25, 0.3) is 5.56 Å². The van der Waals surface area contributed by atoms with Crippen LogP contribution < -0.4 is 16.0 Å². The summed E-state index contributed by atoms with van der Waals surface area (Å²) in [5, 5.41) is 0. The molecule has 0 radical (unpaired) electrons.